The molecule has 0 amide bonds. The number of nitrogens with zero attached hydrogens (tertiary/aromatic N) is 1. The fourth-order valence-corrected chi connectivity index (χ4v) is 3.44. The molecule has 2 atom stereocenters. The van der Waals surface area contributed by atoms with E-state index in [0.29, 0.717) is 5.92 Å². The first kappa shape index (κ1) is 15.7. The molecule has 0 aliphatic carbocycles. The zero-order valence-corrected chi connectivity index (χ0v) is 12.8. The molecule has 3 nitrogen and oxygen atoms in total. The highest BCUT2D eigenvalue weighted by Gasteiger charge is 2.15. The lowest BCUT2D eigenvalue weighted by Gasteiger charge is -2.28. The molecule has 1 heterocycles. The molecular formula is C16H24NO2S-. The average molecular weight is 294 g/mol. The quantitative estimate of drug-likeness (QED) is 0.726. The van der Waals surface area contributed by atoms with E-state index in [9.17, 15) is 8.76 Å². The van der Waals surface area contributed by atoms with Gasteiger partial charge in [0.2, 0.25) is 0 Å². The molecule has 0 aromatic heterocycles. The van der Waals surface area contributed by atoms with E-state index in [2.05, 4.69) is 17.0 Å². The minimum Gasteiger partial charge on any atom is -0.772 e. The standard InChI is InChI=1S/C16H25NO2S/c18-20(19)14-10-16(15-7-3-1-4-8-15)9-13-17-11-5-2-6-12-17/h1,3-4,7-8,16H,2,5-6,9-14H2,(H,18,19)/p-1. The zero-order valence-electron chi connectivity index (χ0n) is 12.0. The Labute approximate surface area is 124 Å². The number of piperidine rings is 1. The van der Waals surface area contributed by atoms with Gasteiger partial charge < -0.3 is 9.45 Å². The monoisotopic (exact) mass is 294 g/mol. The predicted molar refractivity (Wildman–Crippen MR) is 82.5 cm³/mol. The molecule has 1 aliphatic heterocycles. The maximum atomic E-state index is 10.8. The second-order valence-electron chi connectivity index (χ2n) is 5.60. The predicted octanol–water partition coefficient (Wildman–Crippen LogP) is 2.92. The Kier molecular flexibility index (Phi) is 6.70. The van der Waals surface area contributed by atoms with Crippen LogP contribution in [0.15, 0.2) is 30.3 Å². The van der Waals surface area contributed by atoms with Gasteiger partial charge in [-0.1, -0.05) is 47.8 Å². The van der Waals surface area contributed by atoms with Gasteiger partial charge in [0.25, 0.3) is 0 Å². The summed E-state index contributed by atoms with van der Waals surface area (Å²) in [5.74, 6) is 0.621. The van der Waals surface area contributed by atoms with Crippen molar-refractivity contribution in [2.45, 2.75) is 38.0 Å². The van der Waals surface area contributed by atoms with E-state index >= 15 is 0 Å². The van der Waals surface area contributed by atoms with Crippen LogP contribution in [0.1, 0.15) is 43.6 Å². The Morgan fingerprint density at radius 3 is 2.45 bits per heavy atom. The van der Waals surface area contributed by atoms with Crippen molar-refractivity contribution < 1.29 is 8.76 Å². The number of benzene rings is 1. The second-order valence-corrected chi connectivity index (χ2v) is 6.61. The summed E-state index contributed by atoms with van der Waals surface area (Å²) in [4.78, 5) is 2.52. The van der Waals surface area contributed by atoms with E-state index in [-0.39, 0.29) is 5.75 Å². The van der Waals surface area contributed by atoms with Crippen LogP contribution in [0.25, 0.3) is 0 Å². The molecule has 0 saturated carbocycles. The highest BCUT2D eigenvalue weighted by atomic mass is 32.2. The van der Waals surface area contributed by atoms with Gasteiger partial charge in [0.15, 0.2) is 0 Å². The van der Waals surface area contributed by atoms with Crippen molar-refractivity contribution >= 4 is 11.1 Å². The Morgan fingerprint density at radius 1 is 1.10 bits per heavy atom. The normalized spacial score (nSPS) is 19.6. The van der Waals surface area contributed by atoms with Crippen molar-refractivity contribution in [1.29, 1.82) is 0 Å². The van der Waals surface area contributed by atoms with Crippen molar-refractivity contribution in [3.63, 3.8) is 0 Å². The summed E-state index contributed by atoms with van der Waals surface area (Å²) in [6, 6.07) is 10.3. The molecule has 1 aromatic carbocycles. The van der Waals surface area contributed by atoms with E-state index in [4.69, 9.17) is 0 Å². The molecule has 0 N–H and O–H groups in total. The van der Waals surface area contributed by atoms with Crippen LogP contribution >= 0.6 is 0 Å². The van der Waals surface area contributed by atoms with Crippen LogP contribution < -0.4 is 0 Å². The molecule has 1 aromatic rings. The smallest absolute Gasteiger partial charge is 0.0107 e. The molecule has 1 saturated heterocycles. The van der Waals surface area contributed by atoms with Crippen LogP contribution in [0.2, 0.25) is 0 Å². The third kappa shape index (κ3) is 5.35. The summed E-state index contributed by atoms with van der Waals surface area (Å²) in [6.45, 7) is 3.50. The molecule has 1 aliphatic rings. The lowest BCUT2D eigenvalue weighted by Crippen LogP contribution is -2.31. The first-order valence-electron chi connectivity index (χ1n) is 7.59. The molecule has 2 unspecified atom stereocenters. The van der Waals surface area contributed by atoms with Gasteiger partial charge in [0.1, 0.15) is 0 Å². The van der Waals surface area contributed by atoms with Crippen LogP contribution in [0.3, 0.4) is 0 Å². The molecule has 0 spiro atoms. The van der Waals surface area contributed by atoms with E-state index in [1.807, 2.05) is 18.2 Å². The summed E-state index contributed by atoms with van der Waals surface area (Å²) < 4.78 is 21.7. The second kappa shape index (κ2) is 8.55. The number of rotatable bonds is 7. The Morgan fingerprint density at radius 2 is 1.80 bits per heavy atom. The number of hydrogen-bond acceptors (Lipinski definition) is 3. The van der Waals surface area contributed by atoms with E-state index in [1.165, 1.54) is 37.9 Å². The first-order valence-corrected chi connectivity index (χ1v) is 8.83. The van der Waals surface area contributed by atoms with Gasteiger partial charge in [-0.3, -0.25) is 4.21 Å². The average Bonchev–Trinajstić information content (AvgIpc) is 2.49. The maximum Gasteiger partial charge on any atom is 0.0107 e. The molecule has 20 heavy (non-hydrogen) atoms. The van der Waals surface area contributed by atoms with E-state index < -0.39 is 11.1 Å². The minimum absolute atomic E-state index is 0.263. The highest BCUT2D eigenvalue weighted by molar-refractivity contribution is 7.79. The van der Waals surface area contributed by atoms with E-state index in [1.54, 1.807) is 0 Å². The third-order valence-corrected chi connectivity index (χ3v) is 4.72. The minimum atomic E-state index is -1.93. The Balaban J connectivity index is 1.89. The maximum absolute atomic E-state index is 10.8. The fraction of sp³-hybridized carbons (Fsp3) is 0.625. The lowest BCUT2D eigenvalue weighted by molar-refractivity contribution is 0.220. The largest absolute Gasteiger partial charge is 0.772 e. The summed E-state index contributed by atoms with van der Waals surface area (Å²) in [5, 5.41) is 0. The van der Waals surface area contributed by atoms with Crippen molar-refractivity contribution in [2.75, 3.05) is 25.4 Å². The SMILES string of the molecule is O=S([O-])CCC(CCN1CCCCC1)c1ccccc1. The van der Waals surface area contributed by atoms with Gasteiger partial charge in [-0.25, -0.2) is 0 Å². The summed E-state index contributed by atoms with van der Waals surface area (Å²) in [6.07, 6.45) is 5.75. The molecule has 1 fully saturated rings. The zero-order chi connectivity index (χ0) is 14.2. The van der Waals surface area contributed by atoms with Gasteiger partial charge in [-0.15, -0.1) is 0 Å². The van der Waals surface area contributed by atoms with Crippen molar-refractivity contribution in [3.8, 4) is 0 Å². The first-order chi connectivity index (χ1) is 9.75. The summed E-state index contributed by atoms with van der Waals surface area (Å²) in [7, 11) is 0. The summed E-state index contributed by atoms with van der Waals surface area (Å²) in [5.41, 5.74) is 1.27. The molecular weight excluding hydrogens is 270 g/mol. The van der Waals surface area contributed by atoms with Crippen molar-refractivity contribution in [3.05, 3.63) is 35.9 Å². The third-order valence-electron chi connectivity index (χ3n) is 4.15. The molecule has 0 radical (unpaired) electrons. The van der Waals surface area contributed by atoms with Gasteiger partial charge in [0.05, 0.1) is 0 Å². The van der Waals surface area contributed by atoms with Crippen LogP contribution in [0.4, 0.5) is 0 Å². The molecule has 2 rings (SSSR count). The molecule has 4 heteroatoms. The van der Waals surface area contributed by atoms with Crippen LogP contribution in [-0.2, 0) is 11.1 Å². The van der Waals surface area contributed by atoms with Gasteiger partial charge in [-0.2, -0.15) is 0 Å². The van der Waals surface area contributed by atoms with Crippen molar-refractivity contribution in [1.82, 2.24) is 4.90 Å². The van der Waals surface area contributed by atoms with Gasteiger partial charge in [-0.05, 0) is 56.8 Å². The van der Waals surface area contributed by atoms with Crippen molar-refractivity contribution in [2.24, 2.45) is 0 Å². The van der Waals surface area contributed by atoms with Crippen LogP contribution in [-0.4, -0.2) is 39.0 Å². The molecule has 0 bridgehead atoms. The van der Waals surface area contributed by atoms with Gasteiger partial charge >= 0.3 is 0 Å². The Hall–Kier alpha value is -0.710. The summed E-state index contributed by atoms with van der Waals surface area (Å²) >= 11 is -1.93. The van der Waals surface area contributed by atoms with Crippen LogP contribution in [0, 0.1) is 0 Å². The topological polar surface area (TPSA) is 43.4 Å². The van der Waals surface area contributed by atoms with E-state index in [0.717, 1.165) is 19.4 Å². The highest BCUT2D eigenvalue weighted by Crippen LogP contribution is 2.24. The fourth-order valence-electron chi connectivity index (χ4n) is 2.96. The van der Waals surface area contributed by atoms with Gasteiger partial charge in [0, 0.05) is 5.75 Å². The number of hydrogen-bond donors (Lipinski definition) is 0. The molecule has 112 valence electrons. The van der Waals surface area contributed by atoms with Crippen LogP contribution in [0.5, 0.6) is 0 Å². The number of likely N-dealkylation sites (tertiary alicyclic amines) is 1. The Bertz CT molecular complexity index is 404. The lowest BCUT2D eigenvalue weighted by atomic mass is 9.93.